The van der Waals surface area contributed by atoms with E-state index in [1.165, 1.54) is 0 Å². The second-order valence-electron chi connectivity index (χ2n) is 3.92. The number of carbonyl (C=O) groups is 1. The minimum Gasteiger partial charge on any atom is -0.494 e. The van der Waals surface area contributed by atoms with Gasteiger partial charge in [-0.2, -0.15) is 0 Å². The first kappa shape index (κ1) is 12.4. The van der Waals surface area contributed by atoms with Gasteiger partial charge in [0.15, 0.2) is 5.84 Å². The zero-order valence-corrected chi connectivity index (χ0v) is 10.4. The molecule has 0 fully saturated rings. The van der Waals surface area contributed by atoms with Crippen molar-refractivity contribution in [3.8, 4) is 5.75 Å². The molecule has 0 atom stereocenters. The predicted molar refractivity (Wildman–Crippen MR) is 71.2 cm³/mol. The van der Waals surface area contributed by atoms with E-state index in [9.17, 15) is 4.79 Å². The first-order chi connectivity index (χ1) is 8.79. The number of rotatable bonds is 4. The van der Waals surface area contributed by atoms with Crippen molar-refractivity contribution in [3.05, 3.63) is 24.3 Å². The summed E-state index contributed by atoms with van der Waals surface area (Å²) in [4.78, 5) is 16.0. The summed E-state index contributed by atoms with van der Waals surface area (Å²) in [7, 11) is 0. The Morgan fingerprint density at radius 3 is 2.83 bits per heavy atom. The molecule has 96 valence electrons. The second kappa shape index (κ2) is 6.05. The van der Waals surface area contributed by atoms with Crippen LogP contribution in [-0.4, -0.2) is 31.4 Å². The van der Waals surface area contributed by atoms with E-state index >= 15 is 0 Å². The Balaban J connectivity index is 1.96. The molecule has 1 amide bonds. The number of nitrogens with zero attached hydrogens (tertiary/aromatic N) is 1. The molecule has 1 aromatic rings. The molecule has 0 spiro atoms. The summed E-state index contributed by atoms with van der Waals surface area (Å²) in [5.41, 5.74) is 0.735. The van der Waals surface area contributed by atoms with Gasteiger partial charge in [-0.1, -0.05) is 0 Å². The third kappa shape index (κ3) is 3.23. The zero-order valence-electron chi connectivity index (χ0n) is 10.4. The van der Waals surface area contributed by atoms with Gasteiger partial charge in [0, 0.05) is 18.8 Å². The van der Waals surface area contributed by atoms with Crippen molar-refractivity contribution in [2.75, 3.05) is 25.0 Å². The van der Waals surface area contributed by atoms with E-state index in [-0.39, 0.29) is 5.91 Å². The first-order valence-corrected chi connectivity index (χ1v) is 6.12. The van der Waals surface area contributed by atoms with E-state index < -0.39 is 0 Å². The number of hydrogen-bond donors (Lipinski definition) is 2. The fourth-order valence-corrected chi connectivity index (χ4v) is 1.68. The van der Waals surface area contributed by atoms with E-state index in [2.05, 4.69) is 15.6 Å². The first-order valence-electron chi connectivity index (χ1n) is 6.12. The molecule has 1 aromatic carbocycles. The largest absolute Gasteiger partial charge is 0.494 e. The number of benzene rings is 1. The van der Waals surface area contributed by atoms with Crippen molar-refractivity contribution in [1.82, 2.24) is 5.32 Å². The lowest BCUT2D eigenvalue weighted by molar-refractivity contribution is -0.110. The van der Waals surface area contributed by atoms with Crippen LogP contribution in [0.1, 0.15) is 13.3 Å². The van der Waals surface area contributed by atoms with E-state index in [0.717, 1.165) is 24.4 Å². The van der Waals surface area contributed by atoms with Crippen LogP contribution in [0.25, 0.3) is 0 Å². The molecule has 0 unspecified atom stereocenters. The average molecular weight is 247 g/mol. The van der Waals surface area contributed by atoms with Crippen molar-refractivity contribution >= 4 is 17.4 Å². The highest BCUT2D eigenvalue weighted by Crippen LogP contribution is 2.15. The SMILES string of the molecule is CCOc1ccc(NC(=O)C2=NCCCN2)cc1. The summed E-state index contributed by atoms with van der Waals surface area (Å²) in [5.74, 6) is 1.01. The molecule has 0 radical (unpaired) electrons. The minimum absolute atomic E-state index is 0.196. The van der Waals surface area contributed by atoms with Crippen molar-refractivity contribution in [2.24, 2.45) is 4.99 Å². The molecule has 0 aliphatic carbocycles. The van der Waals surface area contributed by atoms with Gasteiger partial charge in [-0.3, -0.25) is 9.79 Å². The van der Waals surface area contributed by atoms with Crippen LogP contribution in [0.5, 0.6) is 5.75 Å². The topological polar surface area (TPSA) is 62.7 Å². The molecule has 2 rings (SSSR count). The number of carbonyl (C=O) groups excluding carboxylic acids is 1. The third-order valence-corrected chi connectivity index (χ3v) is 2.54. The molecule has 1 aliphatic rings. The highest BCUT2D eigenvalue weighted by atomic mass is 16.5. The van der Waals surface area contributed by atoms with Crippen LogP contribution in [0.15, 0.2) is 29.3 Å². The maximum absolute atomic E-state index is 11.8. The Morgan fingerprint density at radius 1 is 1.44 bits per heavy atom. The van der Waals surface area contributed by atoms with Crippen molar-refractivity contribution in [2.45, 2.75) is 13.3 Å². The molecule has 0 aromatic heterocycles. The summed E-state index contributed by atoms with van der Waals surface area (Å²) in [5, 5.41) is 5.78. The normalized spacial score (nSPS) is 14.4. The molecule has 5 heteroatoms. The van der Waals surface area contributed by atoms with E-state index in [4.69, 9.17) is 4.74 Å². The quantitative estimate of drug-likeness (QED) is 0.845. The Hall–Kier alpha value is -2.04. The van der Waals surface area contributed by atoms with E-state index in [0.29, 0.717) is 19.0 Å². The Morgan fingerprint density at radius 2 is 2.22 bits per heavy atom. The van der Waals surface area contributed by atoms with Gasteiger partial charge in [0.2, 0.25) is 0 Å². The van der Waals surface area contributed by atoms with Crippen molar-refractivity contribution in [3.63, 3.8) is 0 Å². The highest BCUT2D eigenvalue weighted by Gasteiger charge is 2.13. The summed E-state index contributed by atoms with van der Waals surface area (Å²) in [6, 6.07) is 7.28. The molecule has 0 saturated carbocycles. The van der Waals surface area contributed by atoms with Crippen LogP contribution < -0.4 is 15.4 Å². The Bertz CT molecular complexity index is 440. The number of amides is 1. The third-order valence-electron chi connectivity index (χ3n) is 2.54. The standard InChI is InChI=1S/C13H17N3O2/c1-2-18-11-6-4-10(5-7-11)16-13(17)12-14-8-3-9-15-12/h4-7H,2-3,8-9H2,1H3,(H,14,15)(H,16,17). The molecule has 2 N–H and O–H groups in total. The predicted octanol–water partition coefficient (Wildman–Crippen LogP) is 1.42. The average Bonchev–Trinajstić information content (AvgIpc) is 2.42. The monoisotopic (exact) mass is 247 g/mol. The maximum atomic E-state index is 11.8. The van der Waals surface area contributed by atoms with Gasteiger partial charge in [-0.05, 0) is 37.6 Å². The zero-order chi connectivity index (χ0) is 12.8. The van der Waals surface area contributed by atoms with Gasteiger partial charge < -0.3 is 15.4 Å². The number of aliphatic imine (C=N–C) groups is 1. The molecule has 5 nitrogen and oxygen atoms in total. The summed E-state index contributed by atoms with van der Waals surface area (Å²) >= 11 is 0. The molecule has 0 saturated heterocycles. The van der Waals surface area contributed by atoms with Crippen molar-refractivity contribution < 1.29 is 9.53 Å². The van der Waals surface area contributed by atoms with Gasteiger partial charge in [-0.15, -0.1) is 0 Å². The van der Waals surface area contributed by atoms with Crippen LogP contribution in [0.2, 0.25) is 0 Å². The van der Waals surface area contributed by atoms with Crippen molar-refractivity contribution in [1.29, 1.82) is 0 Å². The van der Waals surface area contributed by atoms with Crippen LogP contribution in [-0.2, 0) is 4.79 Å². The van der Waals surface area contributed by atoms with Gasteiger partial charge in [0.25, 0.3) is 5.91 Å². The van der Waals surface area contributed by atoms with Gasteiger partial charge in [0.05, 0.1) is 6.61 Å². The molecule has 18 heavy (non-hydrogen) atoms. The second-order valence-corrected chi connectivity index (χ2v) is 3.92. The summed E-state index contributed by atoms with van der Waals surface area (Å²) in [6.45, 7) is 4.07. The molecule has 1 heterocycles. The maximum Gasteiger partial charge on any atom is 0.290 e. The number of ether oxygens (including phenoxy) is 1. The van der Waals surface area contributed by atoms with Crippen LogP contribution in [0, 0.1) is 0 Å². The molecule has 0 bridgehead atoms. The number of amidine groups is 1. The van der Waals surface area contributed by atoms with Gasteiger partial charge >= 0.3 is 0 Å². The fraction of sp³-hybridized carbons (Fsp3) is 0.385. The lowest BCUT2D eigenvalue weighted by Crippen LogP contribution is -2.39. The van der Waals surface area contributed by atoms with Gasteiger partial charge in [-0.25, -0.2) is 0 Å². The number of anilines is 1. The lowest BCUT2D eigenvalue weighted by atomic mass is 10.3. The van der Waals surface area contributed by atoms with Crippen LogP contribution >= 0.6 is 0 Å². The minimum atomic E-state index is -0.196. The van der Waals surface area contributed by atoms with E-state index in [1.807, 2.05) is 31.2 Å². The summed E-state index contributed by atoms with van der Waals surface area (Å²) in [6.07, 6.45) is 0.972. The fourth-order valence-electron chi connectivity index (χ4n) is 1.68. The number of nitrogens with one attached hydrogen (secondary N) is 2. The van der Waals surface area contributed by atoms with E-state index in [1.54, 1.807) is 0 Å². The molecular weight excluding hydrogens is 230 g/mol. The lowest BCUT2D eigenvalue weighted by Gasteiger charge is -2.14. The molecular formula is C13H17N3O2. The van der Waals surface area contributed by atoms with Crippen LogP contribution in [0.3, 0.4) is 0 Å². The Labute approximate surface area is 106 Å². The smallest absolute Gasteiger partial charge is 0.290 e. The Kier molecular flexibility index (Phi) is 4.17. The summed E-state index contributed by atoms with van der Waals surface area (Å²) < 4.78 is 5.33. The molecule has 1 aliphatic heterocycles. The van der Waals surface area contributed by atoms with Crippen LogP contribution in [0.4, 0.5) is 5.69 Å². The highest BCUT2D eigenvalue weighted by molar-refractivity contribution is 6.42. The van der Waals surface area contributed by atoms with Gasteiger partial charge in [0.1, 0.15) is 5.75 Å². The number of hydrogen-bond acceptors (Lipinski definition) is 4.